The van der Waals surface area contributed by atoms with Gasteiger partial charge in [-0.1, -0.05) is 84.4 Å². The van der Waals surface area contributed by atoms with Gasteiger partial charge in [0, 0.05) is 26.1 Å². The average molecular weight is 878 g/mol. The molecule has 0 spiro atoms. The summed E-state index contributed by atoms with van der Waals surface area (Å²) in [6.45, 7) is 32.2. The van der Waals surface area contributed by atoms with Gasteiger partial charge in [0.1, 0.15) is 18.2 Å². The van der Waals surface area contributed by atoms with E-state index in [4.69, 9.17) is 16.0 Å². The summed E-state index contributed by atoms with van der Waals surface area (Å²) in [5.41, 5.74) is 1.60. The predicted octanol–water partition coefficient (Wildman–Crippen LogP) is 7.18. The molecule has 1 rings (SSSR count). The van der Waals surface area contributed by atoms with Crippen LogP contribution in [0, 0.1) is 35.7 Å². The molecule has 4 amide bonds. The average Bonchev–Trinajstić information content (AvgIpc) is 3.22. The van der Waals surface area contributed by atoms with Gasteiger partial charge in [-0.2, -0.15) is 0 Å². The molecule has 14 nitrogen and oxygen atoms in total. The van der Waals surface area contributed by atoms with Gasteiger partial charge in [-0.05, 0) is 103 Å². The molecule has 0 radical (unpaired) electrons. The van der Waals surface area contributed by atoms with E-state index in [1.807, 2.05) is 61.5 Å². The molecule has 8 atom stereocenters. The number of likely N-dealkylation sites (N-methyl/N-ethyl adjacent to an activating group) is 2. The van der Waals surface area contributed by atoms with E-state index in [0.717, 1.165) is 5.57 Å². The molecule has 0 fully saturated rings. The third kappa shape index (κ3) is 17.8. The van der Waals surface area contributed by atoms with Crippen molar-refractivity contribution >= 4 is 47.0 Å². The molecule has 0 saturated heterocycles. The molecule has 0 aromatic heterocycles. The molecule has 14 heteroatoms. The minimum atomic E-state index is -1.23. The van der Waals surface area contributed by atoms with Gasteiger partial charge >= 0.3 is 11.9 Å². The zero-order valence-electron chi connectivity index (χ0n) is 40.7. The molecular weight excluding hydrogens is 803 g/mol. The van der Waals surface area contributed by atoms with E-state index in [2.05, 4.69) is 15.5 Å². The maximum atomic E-state index is 14.1. The Kier molecular flexibility index (Phi) is 22.7. The van der Waals surface area contributed by atoms with Crippen LogP contribution in [0.2, 0.25) is 0 Å². The third-order valence-electron chi connectivity index (χ3n) is 11.5. The van der Waals surface area contributed by atoms with Crippen LogP contribution in [0.1, 0.15) is 122 Å². The normalized spacial score (nSPS) is 15.9. The molecule has 1 aromatic rings. The van der Waals surface area contributed by atoms with Crippen LogP contribution in [-0.4, -0.2) is 102 Å². The van der Waals surface area contributed by atoms with Crippen LogP contribution in [0.25, 0.3) is 4.85 Å². The molecule has 0 aliphatic carbocycles. The summed E-state index contributed by atoms with van der Waals surface area (Å²) in [7, 11) is 2.86. The zero-order chi connectivity index (χ0) is 48.5. The number of rotatable bonds is 23. The highest BCUT2D eigenvalue weighted by Gasteiger charge is 2.36. The molecular formula is C49H75N5O9. The number of carbonyl (C=O) groups excluding carboxylic acids is 7. The molecule has 0 aliphatic rings. The summed E-state index contributed by atoms with van der Waals surface area (Å²) >= 11 is 0. The van der Waals surface area contributed by atoms with Gasteiger partial charge in [-0.25, -0.2) is 9.64 Å². The molecule has 0 heterocycles. The van der Waals surface area contributed by atoms with Crippen molar-refractivity contribution in [1.82, 2.24) is 20.4 Å². The van der Waals surface area contributed by atoms with E-state index in [0.29, 0.717) is 29.7 Å². The molecule has 0 bridgehead atoms. The lowest BCUT2D eigenvalue weighted by molar-refractivity contribution is -0.159. The SMILES string of the molecule is [C-]#[N+]c1ccc(C[C@H](C(=O)N(C)CC(=O)N[C@H](C(C)=O)C(C)CC)N(C)C(=O)[C@H](C)NC(=O)[C@@H](CC(C)C)OC(=O)/C(C)=C/C[C@H](C)[C@H](C)[C@H](OC(=O)C(C)(C)C)/C(C)=C/C)cc1. The molecule has 0 saturated carbocycles. The van der Waals surface area contributed by atoms with E-state index in [1.54, 1.807) is 58.0 Å². The molecule has 1 aromatic carbocycles. The van der Waals surface area contributed by atoms with Gasteiger partial charge in [0.25, 0.3) is 5.91 Å². The number of benzene rings is 1. The van der Waals surface area contributed by atoms with Crippen LogP contribution >= 0.6 is 0 Å². The Bertz CT molecular complexity index is 1860. The highest BCUT2D eigenvalue weighted by Crippen LogP contribution is 2.29. The van der Waals surface area contributed by atoms with Gasteiger partial charge in [-0.15, -0.1) is 0 Å². The number of nitrogens with one attached hydrogen (secondary N) is 2. The fourth-order valence-corrected chi connectivity index (χ4v) is 6.68. The molecule has 1 unspecified atom stereocenters. The quantitative estimate of drug-likeness (QED) is 0.0500. The second-order valence-corrected chi connectivity index (χ2v) is 18.5. The monoisotopic (exact) mass is 878 g/mol. The Hall–Kier alpha value is -5.32. The number of allylic oxidation sites excluding steroid dienone is 2. The van der Waals surface area contributed by atoms with Gasteiger partial charge in [-0.3, -0.25) is 28.8 Å². The second kappa shape index (κ2) is 25.7. The van der Waals surface area contributed by atoms with Crippen molar-refractivity contribution in [1.29, 1.82) is 0 Å². The van der Waals surface area contributed by atoms with Gasteiger partial charge in [0.05, 0.1) is 24.6 Å². The number of esters is 2. The van der Waals surface area contributed by atoms with Crippen molar-refractivity contribution in [2.24, 2.45) is 29.1 Å². The number of ether oxygens (including phenoxy) is 2. The summed E-state index contributed by atoms with van der Waals surface area (Å²) in [6.07, 6.45) is 3.34. The first kappa shape index (κ1) is 55.7. The first-order chi connectivity index (χ1) is 29.2. The Morgan fingerprint density at radius 1 is 0.857 bits per heavy atom. The lowest BCUT2D eigenvalue weighted by Crippen LogP contribution is -2.56. The van der Waals surface area contributed by atoms with Gasteiger partial charge in [0.2, 0.25) is 17.7 Å². The molecule has 0 aliphatic heterocycles. The van der Waals surface area contributed by atoms with Gasteiger partial charge < -0.3 is 29.9 Å². The fourth-order valence-electron chi connectivity index (χ4n) is 6.68. The van der Waals surface area contributed by atoms with Crippen LogP contribution < -0.4 is 10.6 Å². The van der Waals surface area contributed by atoms with Crippen molar-refractivity contribution in [2.45, 2.75) is 153 Å². The lowest BCUT2D eigenvalue weighted by Gasteiger charge is -2.33. The van der Waals surface area contributed by atoms with Crippen LogP contribution in [0.4, 0.5) is 5.69 Å². The topological polar surface area (TPSA) is 173 Å². The smallest absolute Gasteiger partial charge is 0.334 e. The minimum Gasteiger partial charge on any atom is -0.457 e. The highest BCUT2D eigenvalue weighted by atomic mass is 16.6. The van der Waals surface area contributed by atoms with E-state index < -0.39 is 65.3 Å². The maximum absolute atomic E-state index is 14.1. The van der Waals surface area contributed by atoms with Gasteiger partial charge in [0.15, 0.2) is 17.6 Å². The fraction of sp³-hybridized carbons (Fsp3) is 0.633. The number of ketones is 1. The van der Waals surface area contributed by atoms with E-state index in [9.17, 15) is 33.6 Å². The predicted molar refractivity (Wildman–Crippen MR) is 245 cm³/mol. The van der Waals surface area contributed by atoms with Crippen molar-refractivity contribution in [3.63, 3.8) is 0 Å². The number of amides is 4. The molecule has 350 valence electrons. The Labute approximate surface area is 376 Å². The number of hydrogen-bond acceptors (Lipinski definition) is 9. The van der Waals surface area contributed by atoms with Crippen molar-refractivity contribution in [2.75, 3.05) is 20.6 Å². The summed E-state index contributed by atoms with van der Waals surface area (Å²) < 4.78 is 11.7. The summed E-state index contributed by atoms with van der Waals surface area (Å²) in [4.78, 5) is 99.2. The first-order valence-corrected chi connectivity index (χ1v) is 22.0. The van der Waals surface area contributed by atoms with Crippen molar-refractivity contribution in [3.05, 3.63) is 64.5 Å². The van der Waals surface area contributed by atoms with Crippen molar-refractivity contribution < 1.29 is 43.0 Å². The third-order valence-corrected chi connectivity index (χ3v) is 11.5. The summed E-state index contributed by atoms with van der Waals surface area (Å²) in [6, 6.07) is 3.57. The van der Waals surface area contributed by atoms with Crippen LogP contribution in [0.3, 0.4) is 0 Å². The van der Waals surface area contributed by atoms with Crippen LogP contribution in [0.5, 0.6) is 0 Å². The van der Waals surface area contributed by atoms with E-state index in [-0.39, 0.29) is 54.8 Å². The summed E-state index contributed by atoms with van der Waals surface area (Å²) in [5.74, 6) is -3.84. The van der Waals surface area contributed by atoms with Crippen LogP contribution in [0.15, 0.2) is 47.6 Å². The van der Waals surface area contributed by atoms with Crippen LogP contribution in [-0.2, 0) is 49.5 Å². The number of Topliss-reactive ketones (excluding diaryl/α,β-unsaturated/α-hetero) is 1. The highest BCUT2D eigenvalue weighted by molar-refractivity contribution is 5.95. The molecule has 2 N–H and O–H groups in total. The number of nitrogens with zero attached hydrogens (tertiary/aromatic N) is 3. The lowest BCUT2D eigenvalue weighted by atomic mass is 9.84. The number of carbonyl (C=O) groups is 7. The van der Waals surface area contributed by atoms with E-state index >= 15 is 0 Å². The maximum Gasteiger partial charge on any atom is 0.334 e. The Balaban J connectivity index is 3.26. The first-order valence-electron chi connectivity index (χ1n) is 22.0. The Morgan fingerprint density at radius 2 is 1.44 bits per heavy atom. The largest absolute Gasteiger partial charge is 0.457 e. The zero-order valence-corrected chi connectivity index (χ0v) is 40.7. The molecule has 63 heavy (non-hydrogen) atoms. The van der Waals surface area contributed by atoms with Crippen molar-refractivity contribution in [3.8, 4) is 0 Å². The van der Waals surface area contributed by atoms with E-state index in [1.165, 1.54) is 37.7 Å². The summed E-state index contributed by atoms with van der Waals surface area (Å²) in [5, 5.41) is 5.42. The number of hydrogen-bond donors (Lipinski definition) is 2. The Morgan fingerprint density at radius 3 is 1.94 bits per heavy atom. The standard InChI is InChI=1S/C49H75N5O9/c1-18-30(5)42(36(11)55)52-41(56)28-53(16)46(59)39(27-37-22-24-38(50-15)25-23-37)54(17)45(58)35(10)51-44(57)40(26-29(3)4)62-47(60)33(8)21-20-32(7)34(9)43(31(6)19-2)63-48(61)49(12,13)14/h19,21-25,29-30,32,34-35,39-40,42-43H,18,20,26-28H2,1-14,16-17H3,(H,51,57)(H,52,56)/b31-19+,33-21+/t30?,32-,34-,35-,39+,40+,42-,43+/m0/s1. The second-order valence-electron chi connectivity index (χ2n) is 18.5. The minimum absolute atomic E-state index is 0.00139.